The Kier molecular flexibility index (Phi) is 11.0. The Morgan fingerprint density at radius 1 is 1.08 bits per heavy atom. The summed E-state index contributed by atoms with van der Waals surface area (Å²) in [6.07, 6.45) is -1.30. The van der Waals surface area contributed by atoms with Crippen molar-refractivity contribution in [2.45, 2.75) is 69.1 Å². The SMILES string of the molecule is COC(=O)C(Cc1ccc(-c2ncn(-c3ccc(OC(F)(F)F)cc3)n2)cc1)/N=C(/N=C1\SC(F)C(=O)N1c1cc(C)ccc1C(C)C)SC1CC1. The number of ether oxygens (including phenoxy) is 2. The van der Waals surface area contributed by atoms with Crippen LogP contribution in [0.1, 0.15) is 49.3 Å². The van der Waals surface area contributed by atoms with Crippen LogP contribution in [-0.2, 0) is 20.7 Å². The van der Waals surface area contributed by atoms with Crippen LogP contribution in [0.15, 0.2) is 83.0 Å². The van der Waals surface area contributed by atoms with Gasteiger partial charge in [0.05, 0.1) is 18.5 Å². The number of benzene rings is 3. The molecule has 1 amide bonds. The molecule has 0 bridgehead atoms. The number of hydrogen-bond acceptors (Lipinski definition) is 9. The Morgan fingerprint density at radius 3 is 2.42 bits per heavy atom. The van der Waals surface area contributed by atoms with Crippen LogP contribution in [0.5, 0.6) is 5.75 Å². The fraction of sp³-hybridized carbons (Fsp3) is 0.333. The van der Waals surface area contributed by atoms with Crippen LogP contribution in [0.4, 0.5) is 23.2 Å². The summed E-state index contributed by atoms with van der Waals surface area (Å²) >= 11 is 2.10. The summed E-state index contributed by atoms with van der Waals surface area (Å²) in [7, 11) is 1.28. The molecule has 2 heterocycles. The summed E-state index contributed by atoms with van der Waals surface area (Å²) in [5.41, 5.74) is 2.42. The van der Waals surface area contributed by atoms with E-state index in [0.29, 0.717) is 34.5 Å². The van der Waals surface area contributed by atoms with E-state index in [-0.39, 0.29) is 33.7 Å². The number of aromatic nitrogens is 3. The summed E-state index contributed by atoms with van der Waals surface area (Å²) in [6, 6.07) is 17.1. The monoisotopic (exact) mass is 754 g/mol. The van der Waals surface area contributed by atoms with Crippen molar-refractivity contribution in [3.05, 3.63) is 89.7 Å². The molecule has 2 aliphatic rings. The molecular formula is C36H34F4N6O4S2. The lowest BCUT2D eigenvalue weighted by atomic mass is 9.99. The zero-order chi connectivity index (χ0) is 37.2. The number of amides is 1. The van der Waals surface area contributed by atoms with E-state index in [0.717, 1.165) is 29.5 Å². The maximum absolute atomic E-state index is 15.0. The molecule has 16 heteroatoms. The topological polar surface area (TPSA) is 111 Å². The maximum Gasteiger partial charge on any atom is 0.573 e. The first-order valence-corrected chi connectivity index (χ1v) is 18.1. The number of alkyl halides is 4. The van der Waals surface area contributed by atoms with Gasteiger partial charge in [-0.2, -0.15) is 4.99 Å². The van der Waals surface area contributed by atoms with Crippen LogP contribution in [0.2, 0.25) is 0 Å². The highest BCUT2D eigenvalue weighted by Gasteiger charge is 2.41. The Hall–Kier alpha value is -4.70. The zero-order valence-electron chi connectivity index (χ0n) is 28.5. The van der Waals surface area contributed by atoms with Crippen molar-refractivity contribution >= 4 is 51.4 Å². The first-order valence-electron chi connectivity index (χ1n) is 16.3. The normalized spacial score (nSPS) is 18.0. The number of aliphatic imine (C=N–C) groups is 2. The zero-order valence-corrected chi connectivity index (χ0v) is 30.1. The molecule has 1 aliphatic carbocycles. The van der Waals surface area contributed by atoms with E-state index in [1.54, 1.807) is 24.3 Å². The maximum atomic E-state index is 15.0. The quantitative estimate of drug-likeness (QED) is 0.0693. The highest BCUT2D eigenvalue weighted by molar-refractivity contribution is 8.17. The van der Waals surface area contributed by atoms with Crippen molar-refractivity contribution in [1.82, 2.24) is 14.8 Å². The number of halogens is 4. The Labute approximate surface area is 305 Å². The third-order valence-corrected chi connectivity index (χ3v) is 10.2. The van der Waals surface area contributed by atoms with Gasteiger partial charge in [-0.15, -0.1) is 18.3 Å². The summed E-state index contributed by atoms with van der Waals surface area (Å²) < 4.78 is 63.0. The predicted octanol–water partition coefficient (Wildman–Crippen LogP) is 8.03. The minimum Gasteiger partial charge on any atom is -0.467 e. The van der Waals surface area contributed by atoms with Gasteiger partial charge in [-0.05, 0) is 84.5 Å². The highest BCUT2D eigenvalue weighted by Crippen LogP contribution is 2.40. The van der Waals surface area contributed by atoms with Crippen molar-refractivity contribution in [1.29, 1.82) is 0 Å². The molecule has 52 heavy (non-hydrogen) atoms. The second-order valence-electron chi connectivity index (χ2n) is 12.4. The summed E-state index contributed by atoms with van der Waals surface area (Å²) in [4.78, 5) is 41.3. The van der Waals surface area contributed by atoms with Crippen LogP contribution >= 0.6 is 23.5 Å². The number of hydrogen-bond donors (Lipinski definition) is 0. The van der Waals surface area contributed by atoms with Gasteiger partial charge in [0.25, 0.3) is 5.91 Å². The third kappa shape index (κ3) is 9.02. The highest BCUT2D eigenvalue weighted by atomic mass is 32.2. The Balaban J connectivity index is 1.24. The molecule has 1 saturated heterocycles. The molecule has 1 aliphatic heterocycles. The van der Waals surface area contributed by atoms with E-state index in [4.69, 9.17) is 14.7 Å². The fourth-order valence-corrected chi connectivity index (χ4v) is 7.19. The van der Waals surface area contributed by atoms with Crippen molar-refractivity contribution in [2.24, 2.45) is 9.98 Å². The number of thioether (sulfide) groups is 2. The molecule has 2 atom stereocenters. The van der Waals surface area contributed by atoms with Crippen molar-refractivity contribution in [3.8, 4) is 22.8 Å². The van der Waals surface area contributed by atoms with Gasteiger partial charge in [-0.25, -0.2) is 23.8 Å². The molecular weight excluding hydrogens is 721 g/mol. The van der Waals surface area contributed by atoms with Crippen molar-refractivity contribution in [2.75, 3.05) is 12.0 Å². The lowest BCUT2D eigenvalue weighted by molar-refractivity contribution is -0.274. The van der Waals surface area contributed by atoms with Crippen LogP contribution in [-0.4, -0.2) is 67.2 Å². The first-order chi connectivity index (χ1) is 24.8. The molecule has 4 aromatic rings. The second kappa shape index (κ2) is 15.5. The van der Waals surface area contributed by atoms with Gasteiger partial charge in [0.1, 0.15) is 12.1 Å². The molecule has 0 radical (unpaired) electrons. The second-order valence-corrected chi connectivity index (χ2v) is 14.7. The number of esters is 1. The van der Waals surface area contributed by atoms with Crippen LogP contribution in [0.25, 0.3) is 17.1 Å². The number of methoxy groups -OCH3 is 1. The van der Waals surface area contributed by atoms with Crippen LogP contribution in [0.3, 0.4) is 0 Å². The van der Waals surface area contributed by atoms with E-state index in [1.165, 1.54) is 59.0 Å². The van der Waals surface area contributed by atoms with E-state index in [2.05, 4.69) is 14.8 Å². The number of aryl methyl sites for hydroxylation is 1. The van der Waals surface area contributed by atoms with E-state index in [1.807, 2.05) is 39.0 Å². The Bertz CT molecular complexity index is 2000. The predicted molar refractivity (Wildman–Crippen MR) is 194 cm³/mol. The number of carbonyl (C=O) groups is 2. The van der Waals surface area contributed by atoms with Crippen LogP contribution in [0, 0.1) is 6.92 Å². The molecule has 10 nitrogen and oxygen atoms in total. The molecule has 0 N–H and O–H groups in total. The lowest BCUT2D eigenvalue weighted by Gasteiger charge is -2.22. The molecule has 1 aromatic heterocycles. The van der Waals surface area contributed by atoms with Gasteiger partial charge >= 0.3 is 12.3 Å². The number of rotatable bonds is 10. The number of nitrogens with zero attached hydrogens (tertiary/aromatic N) is 6. The smallest absolute Gasteiger partial charge is 0.467 e. The van der Waals surface area contributed by atoms with Crippen molar-refractivity contribution < 1.29 is 36.6 Å². The number of anilines is 1. The minimum absolute atomic E-state index is 0.0615. The van der Waals surface area contributed by atoms with E-state index >= 15 is 4.39 Å². The van der Waals surface area contributed by atoms with Gasteiger partial charge < -0.3 is 9.47 Å². The number of carbonyl (C=O) groups excluding carboxylic acids is 2. The first kappa shape index (κ1) is 37.1. The molecule has 272 valence electrons. The fourth-order valence-electron chi connectivity index (χ4n) is 5.31. The van der Waals surface area contributed by atoms with E-state index in [9.17, 15) is 22.8 Å². The minimum atomic E-state index is -4.79. The van der Waals surface area contributed by atoms with Gasteiger partial charge in [0.2, 0.25) is 5.50 Å². The van der Waals surface area contributed by atoms with Gasteiger partial charge in [0, 0.05) is 17.2 Å². The molecule has 2 fully saturated rings. The van der Waals surface area contributed by atoms with Gasteiger partial charge in [0.15, 0.2) is 22.2 Å². The largest absolute Gasteiger partial charge is 0.573 e. The summed E-state index contributed by atoms with van der Waals surface area (Å²) in [5.74, 6) is -1.22. The Morgan fingerprint density at radius 2 is 1.79 bits per heavy atom. The summed E-state index contributed by atoms with van der Waals surface area (Å²) in [6.45, 7) is 5.90. The van der Waals surface area contributed by atoms with Crippen LogP contribution < -0.4 is 9.64 Å². The van der Waals surface area contributed by atoms with Crippen molar-refractivity contribution in [3.63, 3.8) is 0 Å². The summed E-state index contributed by atoms with van der Waals surface area (Å²) in [5, 5.41) is 5.09. The molecule has 3 aromatic carbocycles. The molecule has 1 saturated carbocycles. The molecule has 2 unspecified atom stereocenters. The van der Waals surface area contributed by atoms with Gasteiger partial charge in [-0.3, -0.25) is 9.69 Å². The average Bonchev–Trinajstić information content (AvgIpc) is 3.69. The standard InChI is InChI=1S/C36H34F4N6O4S2/c1-20(2)27-16-5-21(3)17-29(27)46-32(47)30(37)52-35(46)43-34(51-26-14-15-26)42-28(33(48)49-4)18-22-6-8-23(9-7-22)31-41-19-45(44-31)24-10-12-25(13-11-24)50-36(38,39)40/h5-13,16-17,19-20,26,28,30H,14-15,18H2,1-4H3/b42-34-,43-35-. The third-order valence-electron chi connectivity index (χ3n) is 8.06. The molecule has 6 rings (SSSR count). The number of amidine groups is 2. The average molecular weight is 755 g/mol. The van der Waals surface area contributed by atoms with Gasteiger partial charge in [-0.1, -0.05) is 62.0 Å². The lowest BCUT2D eigenvalue weighted by Crippen LogP contribution is -2.32. The van der Waals surface area contributed by atoms with E-state index < -0.39 is 29.8 Å². The molecule has 0 spiro atoms.